The molecule has 0 bridgehead atoms. The molecular weight excluding hydrogens is 314 g/mol. The summed E-state index contributed by atoms with van der Waals surface area (Å²) in [6.45, 7) is 0. The van der Waals surface area contributed by atoms with Crippen LogP contribution in [0.3, 0.4) is 0 Å². The lowest BCUT2D eigenvalue weighted by molar-refractivity contribution is 0.862. The molecule has 90 valence electrons. The van der Waals surface area contributed by atoms with Crippen molar-refractivity contribution in [3.63, 3.8) is 0 Å². The summed E-state index contributed by atoms with van der Waals surface area (Å²) in [4.78, 5) is 4.45. The van der Waals surface area contributed by atoms with E-state index in [1.54, 1.807) is 10.9 Å². The molecule has 5 heteroatoms. The third kappa shape index (κ3) is 2.02. The number of hydrogen-bond acceptors (Lipinski definition) is 2. The summed E-state index contributed by atoms with van der Waals surface area (Å²) in [5.41, 5.74) is 2.73. The largest absolute Gasteiger partial charge is 0.253 e. The lowest BCUT2D eigenvalue weighted by atomic mass is 10.2. The van der Waals surface area contributed by atoms with Gasteiger partial charge in [-0.2, -0.15) is 5.10 Å². The molecule has 0 fully saturated rings. The van der Waals surface area contributed by atoms with Gasteiger partial charge in [-0.1, -0.05) is 12.1 Å². The molecule has 1 aromatic carbocycles. The van der Waals surface area contributed by atoms with E-state index in [2.05, 4.69) is 26.0 Å². The highest BCUT2D eigenvalue weighted by Crippen LogP contribution is 2.22. The molecule has 3 aromatic rings. The van der Waals surface area contributed by atoms with Crippen molar-refractivity contribution in [1.82, 2.24) is 14.8 Å². The maximum atomic E-state index is 5.77. The predicted molar refractivity (Wildman–Crippen MR) is 76.1 cm³/mol. The van der Waals surface area contributed by atoms with Gasteiger partial charge < -0.3 is 0 Å². The zero-order valence-electron chi connectivity index (χ0n) is 9.35. The number of pyridine rings is 1. The zero-order chi connectivity index (χ0) is 12.5. The Morgan fingerprint density at radius 3 is 2.94 bits per heavy atom. The molecular formula is C13H9BrClN3. The molecule has 18 heavy (non-hydrogen) atoms. The minimum absolute atomic E-state index is 0.413. The third-order valence-corrected chi connectivity index (χ3v) is 3.39. The number of nitrogens with zero attached hydrogens (tertiary/aromatic N) is 3. The first-order valence-electron chi connectivity index (χ1n) is 5.43. The Morgan fingerprint density at radius 1 is 1.28 bits per heavy atom. The molecule has 0 unspecified atom stereocenters. The number of hydrogen-bond donors (Lipinski definition) is 0. The van der Waals surface area contributed by atoms with Crippen molar-refractivity contribution in [2.45, 2.75) is 5.88 Å². The Morgan fingerprint density at radius 2 is 2.17 bits per heavy atom. The molecule has 2 heterocycles. The number of halogens is 2. The highest BCUT2D eigenvalue weighted by Gasteiger charge is 2.06. The van der Waals surface area contributed by atoms with Crippen molar-refractivity contribution in [2.24, 2.45) is 0 Å². The number of alkyl halides is 1. The van der Waals surface area contributed by atoms with Crippen LogP contribution < -0.4 is 0 Å². The summed E-state index contributed by atoms with van der Waals surface area (Å²) < 4.78 is 2.77. The van der Waals surface area contributed by atoms with Crippen LogP contribution in [-0.2, 0) is 5.88 Å². The van der Waals surface area contributed by atoms with Crippen LogP contribution in [0, 0.1) is 0 Å². The fourth-order valence-electron chi connectivity index (χ4n) is 1.87. The summed E-state index contributed by atoms with van der Waals surface area (Å²) in [6.07, 6.45) is 3.69. The van der Waals surface area contributed by atoms with Crippen LogP contribution in [0.2, 0.25) is 0 Å². The van der Waals surface area contributed by atoms with E-state index in [0.29, 0.717) is 5.88 Å². The number of aromatic nitrogens is 3. The topological polar surface area (TPSA) is 30.7 Å². The Hall–Kier alpha value is -1.39. The third-order valence-electron chi connectivity index (χ3n) is 2.68. The zero-order valence-corrected chi connectivity index (χ0v) is 11.7. The second-order valence-electron chi connectivity index (χ2n) is 3.89. The summed E-state index contributed by atoms with van der Waals surface area (Å²) >= 11 is 9.20. The molecule has 2 aromatic heterocycles. The first kappa shape index (κ1) is 11.7. The van der Waals surface area contributed by atoms with E-state index in [9.17, 15) is 0 Å². The molecule has 0 aliphatic heterocycles. The van der Waals surface area contributed by atoms with E-state index in [4.69, 9.17) is 11.6 Å². The molecule has 0 N–H and O–H groups in total. The van der Waals surface area contributed by atoms with Crippen molar-refractivity contribution < 1.29 is 0 Å². The number of para-hydroxylation sites is 1. The van der Waals surface area contributed by atoms with Gasteiger partial charge in [0.2, 0.25) is 0 Å². The molecule has 0 radical (unpaired) electrons. The monoisotopic (exact) mass is 321 g/mol. The van der Waals surface area contributed by atoms with Crippen LogP contribution >= 0.6 is 27.5 Å². The van der Waals surface area contributed by atoms with Crippen LogP contribution in [0.25, 0.3) is 16.6 Å². The van der Waals surface area contributed by atoms with Gasteiger partial charge in [0.15, 0.2) is 0 Å². The molecule has 0 amide bonds. The van der Waals surface area contributed by atoms with Gasteiger partial charge in [0, 0.05) is 22.3 Å². The average molecular weight is 323 g/mol. The number of benzene rings is 1. The molecule has 0 atom stereocenters. The fraction of sp³-hybridized carbons (Fsp3) is 0.0769. The van der Waals surface area contributed by atoms with E-state index >= 15 is 0 Å². The summed E-state index contributed by atoms with van der Waals surface area (Å²) in [5, 5.41) is 5.48. The highest BCUT2D eigenvalue weighted by atomic mass is 79.9. The van der Waals surface area contributed by atoms with Gasteiger partial charge in [0.25, 0.3) is 0 Å². The molecule has 0 spiro atoms. The van der Waals surface area contributed by atoms with Crippen molar-refractivity contribution in [2.75, 3.05) is 0 Å². The summed E-state index contributed by atoms with van der Waals surface area (Å²) in [6, 6.07) is 9.97. The Balaban J connectivity index is 2.22. The molecule has 0 aliphatic carbocycles. The van der Waals surface area contributed by atoms with Crippen LogP contribution in [-0.4, -0.2) is 14.8 Å². The van der Waals surface area contributed by atoms with Crippen molar-refractivity contribution in [1.29, 1.82) is 0 Å². The minimum atomic E-state index is 0.413. The quantitative estimate of drug-likeness (QED) is 0.669. The van der Waals surface area contributed by atoms with Crippen molar-refractivity contribution in [3.05, 3.63) is 52.9 Å². The maximum absolute atomic E-state index is 5.77. The van der Waals surface area contributed by atoms with Gasteiger partial charge >= 0.3 is 0 Å². The van der Waals surface area contributed by atoms with Gasteiger partial charge in [-0.15, -0.1) is 11.6 Å². The summed E-state index contributed by atoms with van der Waals surface area (Å²) in [5.74, 6) is 0.413. The van der Waals surface area contributed by atoms with Gasteiger partial charge in [-0.25, -0.2) is 4.68 Å². The van der Waals surface area contributed by atoms with Crippen LogP contribution in [0.1, 0.15) is 5.69 Å². The van der Waals surface area contributed by atoms with Gasteiger partial charge in [0.1, 0.15) is 0 Å². The lowest BCUT2D eigenvalue weighted by Gasteiger charge is -2.05. The molecule has 3 nitrogen and oxygen atoms in total. The summed E-state index contributed by atoms with van der Waals surface area (Å²) in [7, 11) is 0. The number of rotatable bonds is 2. The van der Waals surface area contributed by atoms with Crippen molar-refractivity contribution >= 4 is 38.4 Å². The number of fused-ring (bicyclic) bond motifs is 1. The second-order valence-corrected chi connectivity index (χ2v) is 5.07. The second kappa shape index (κ2) is 4.71. The lowest BCUT2D eigenvalue weighted by Crippen LogP contribution is -1.97. The average Bonchev–Trinajstić information content (AvgIpc) is 2.86. The Labute approximate surface area is 118 Å². The molecule has 0 saturated carbocycles. The SMILES string of the molecule is ClCc1ccn(-c2cccc3cc(Br)cnc23)n1. The first-order valence-corrected chi connectivity index (χ1v) is 6.76. The van der Waals surface area contributed by atoms with E-state index in [1.165, 1.54) is 0 Å². The normalized spacial score (nSPS) is 11.0. The highest BCUT2D eigenvalue weighted by molar-refractivity contribution is 9.10. The van der Waals surface area contributed by atoms with Gasteiger partial charge in [0.05, 0.1) is 22.8 Å². The predicted octanol–water partition coefficient (Wildman–Crippen LogP) is 3.92. The van der Waals surface area contributed by atoms with Crippen LogP contribution in [0.4, 0.5) is 0 Å². The maximum Gasteiger partial charge on any atom is 0.0959 e. The van der Waals surface area contributed by atoms with Gasteiger partial charge in [-0.3, -0.25) is 4.98 Å². The molecule has 0 aliphatic rings. The minimum Gasteiger partial charge on any atom is -0.253 e. The van der Waals surface area contributed by atoms with Crippen LogP contribution in [0.15, 0.2) is 47.2 Å². The Kier molecular flexibility index (Phi) is 3.06. The van der Waals surface area contributed by atoms with E-state index in [-0.39, 0.29) is 0 Å². The fourth-order valence-corrected chi connectivity index (χ4v) is 2.36. The van der Waals surface area contributed by atoms with E-state index in [1.807, 2.05) is 36.5 Å². The van der Waals surface area contributed by atoms with Crippen LogP contribution in [0.5, 0.6) is 0 Å². The smallest absolute Gasteiger partial charge is 0.0959 e. The molecule has 3 rings (SSSR count). The standard InChI is InChI=1S/C13H9BrClN3/c14-10-6-9-2-1-3-12(13(9)16-8-10)18-5-4-11(7-15)17-18/h1-6,8H,7H2. The van der Waals surface area contributed by atoms with Gasteiger partial charge in [-0.05, 0) is 34.1 Å². The van der Waals surface area contributed by atoms with E-state index < -0.39 is 0 Å². The van der Waals surface area contributed by atoms with Crippen molar-refractivity contribution in [3.8, 4) is 5.69 Å². The Bertz CT molecular complexity index is 708. The van der Waals surface area contributed by atoms with E-state index in [0.717, 1.165) is 26.8 Å². The molecule has 0 saturated heterocycles. The first-order chi connectivity index (χ1) is 8.78.